The van der Waals surface area contributed by atoms with Gasteiger partial charge in [0.15, 0.2) is 0 Å². The van der Waals surface area contributed by atoms with Gasteiger partial charge in [0, 0.05) is 24.4 Å². The van der Waals surface area contributed by atoms with E-state index in [0.29, 0.717) is 25.3 Å². The molecule has 1 heterocycles. The van der Waals surface area contributed by atoms with Crippen LogP contribution in [0.15, 0.2) is 10.9 Å². The molecule has 7 nitrogen and oxygen atoms in total. The third-order valence-electron chi connectivity index (χ3n) is 4.73. The van der Waals surface area contributed by atoms with Gasteiger partial charge >= 0.3 is 0 Å². The van der Waals surface area contributed by atoms with Gasteiger partial charge in [0.05, 0.1) is 11.2 Å². The summed E-state index contributed by atoms with van der Waals surface area (Å²) in [5.74, 6) is -0.647. The predicted molar refractivity (Wildman–Crippen MR) is 95.7 cm³/mol. The number of nitrogens with one attached hydrogen (secondary N) is 2. The third-order valence-corrected chi connectivity index (χ3v) is 5.37. The van der Waals surface area contributed by atoms with E-state index < -0.39 is 11.3 Å². The fraction of sp³-hybridized carbons (Fsp3) is 0.647. The molecule has 0 spiro atoms. The summed E-state index contributed by atoms with van der Waals surface area (Å²) in [6, 6.07) is 0.147. The Morgan fingerprint density at radius 2 is 2.12 bits per heavy atom. The molecular weight excluding hydrogens is 340 g/mol. The SMILES string of the molecule is CC(C)(C(N)=O)C(=O)NC[C@H]1CC[C@@H](NC(=O)CCc2cscn2)C1. The standard InChI is InChI=1S/C17H26N4O3S/c1-17(2,15(18)23)16(24)19-8-11-3-4-12(7-11)21-14(22)6-5-13-9-25-10-20-13/h9-12H,3-8H2,1-2H3,(H2,18,23)(H,19,24)(H,21,22)/t11-,12+/m0/s1. The van der Waals surface area contributed by atoms with Crippen LogP contribution in [0.4, 0.5) is 0 Å². The summed E-state index contributed by atoms with van der Waals surface area (Å²) < 4.78 is 0. The van der Waals surface area contributed by atoms with Crippen molar-refractivity contribution in [2.75, 3.05) is 6.54 Å². The van der Waals surface area contributed by atoms with Crippen molar-refractivity contribution in [2.45, 2.75) is 52.0 Å². The second-order valence-electron chi connectivity index (χ2n) is 7.12. The molecule has 1 aliphatic carbocycles. The average molecular weight is 366 g/mol. The van der Waals surface area contributed by atoms with Crippen LogP contribution in [0.3, 0.4) is 0 Å². The zero-order valence-electron chi connectivity index (χ0n) is 14.7. The summed E-state index contributed by atoms with van der Waals surface area (Å²) >= 11 is 1.53. The molecule has 3 amide bonds. The lowest BCUT2D eigenvalue weighted by Gasteiger charge is -2.21. The molecule has 0 radical (unpaired) electrons. The normalized spacial score (nSPS) is 20.2. The van der Waals surface area contributed by atoms with Crippen molar-refractivity contribution in [1.29, 1.82) is 0 Å². The van der Waals surface area contributed by atoms with Crippen LogP contribution in [0.25, 0.3) is 0 Å². The number of thiazole rings is 1. The number of nitrogens with zero attached hydrogens (tertiary/aromatic N) is 1. The third kappa shape index (κ3) is 5.52. The van der Waals surface area contributed by atoms with Gasteiger partial charge in [-0.05, 0) is 45.4 Å². The van der Waals surface area contributed by atoms with E-state index in [0.717, 1.165) is 25.0 Å². The fourth-order valence-electron chi connectivity index (χ4n) is 2.86. The smallest absolute Gasteiger partial charge is 0.235 e. The van der Waals surface area contributed by atoms with E-state index in [2.05, 4.69) is 15.6 Å². The average Bonchev–Trinajstić information content (AvgIpc) is 3.22. The molecule has 2 rings (SSSR count). The number of hydrogen-bond acceptors (Lipinski definition) is 5. The van der Waals surface area contributed by atoms with Crippen LogP contribution in [-0.4, -0.2) is 35.3 Å². The predicted octanol–water partition coefficient (Wildman–Crippen LogP) is 0.988. The zero-order valence-corrected chi connectivity index (χ0v) is 15.5. The van der Waals surface area contributed by atoms with Gasteiger partial charge < -0.3 is 16.4 Å². The highest BCUT2D eigenvalue weighted by Crippen LogP contribution is 2.25. The number of nitrogens with two attached hydrogens (primary N) is 1. The van der Waals surface area contributed by atoms with Gasteiger partial charge in [-0.2, -0.15) is 0 Å². The second kappa shape index (κ2) is 8.42. The molecule has 0 saturated heterocycles. The first kappa shape index (κ1) is 19.4. The first-order chi connectivity index (χ1) is 11.8. The van der Waals surface area contributed by atoms with E-state index in [1.165, 1.54) is 25.2 Å². The van der Waals surface area contributed by atoms with Crippen LogP contribution in [0, 0.1) is 11.3 Å². The maximum absolute atomic E-state index is 12.0. The van der Waals surface area contributed by atoms with Crippen LogP contribution in [0.1, 0.15) is 45.2 Å². The summed E-state index contributed by atoms with van der Waals surface area (Å²) in [6.07, 6.45) is 3.77. The van der Waals surface area contributed by atoms with E-state index in [1.54, 1.807) is 5.51 Å². The summed E-state index contributed by atoms with van der Waals surface area (Å²) in [7, 11) is 0. The fourth-order valence-corrected chi connectivity index (χ4v) is 3.46. The Labute approximate surface area is 151 Å². The summed E-state index contributed by atoms with van der Waals surface area (Å²) in [6.45, 7) is 3.54. The molecular formula is C17H26N4O3S. The van der Waals surface area contributed by atoms with Gasteiger partial charge in [0.2, 0.25) is 17.7 Å². The Hall–Kier alpha value is -1.96. The summed E-state index contributed by atoms with van der Waals surface area (Å²) in [4.78, 5) is 39.5. The number of carbonyl (C=O) groups is 3. The van der Waals surface area contributed by atoms with Crippen molar-refractivity contribution < 1.29 is 14.4 Å². The number of hydrogen-bond donors (Lipinski definition) is 3. The molecule has 0 aromatic carbocycles. The van der Waals surface area contributed by atoms with Gasteiger partial charge in [-0.15, -0.1) is 11.3 Å². The Balaban J connectivity index is 1.68. The summed E-state index contributed by atoms with van der Waals surface area (Å²) in [5, 5.41) is 7.81. The zero-order chi connectivity index (χ0) is 18.4. The lowest BCUT2D eigenvalue weighted by atomic mass is 9.91. The Morgan fingerprint density at radius 1 is 1.36 bits per heavy atom. The monoisotopic (exact) mass is 366 g/mol. The maximum atomic E-state index is 12.0. The molecule has 2 atom stereocenters. The van der Waals surface area contributed by atoms with Crippen molar-refractivity contribution >= 4 is 29.1 Å². The van der Waals surface area contributed by atoms with Gasteiger partial charge in [0.1, 0.15) is 5.41 Å². The molecule has 1 aromatic rings. The minimum atomic E-state index is -1.21. The molecule has 1 fully saturated rings. The lowest BCUT2D eigenvalue weighted by molar-refractivity contribution is -0.139. The van der Waals surface area contributed by atoms with E-state index in [9.17, 15) is 14.4 Å². The topological polar surface area (TPSA) is 114 Å². The van der Waals surface area contributed by atoms with E-state index in [4.69, 9.17) is 5.73 Å². The molecule has 8 heteroatoms. The quantitative estimate of drug-likeness (QED) is 0.595. The Kier molecular flexibility index (Phi) is 6.52. The summed E-state index contributed by atoms with van der Waals surface area (Å²) in [5.41, 5.74) is 6.75. The molecule has 1 aliphatic rings. The first-order valence-corrected chi connectivity index (χ1v) is 9.48. The van der Waals surface area contributed by atoms with Crippen LogP contribution in [-0.2, 0) is 20.8 Å². The number of primary amides is 1. The van der Waals surface area contributed by atoms with Crippen molar-refractivity contribution in [1.82, 2.24) is 15.6 Å². The van der Waals surface area contributed by atoms with Crippen LogP contribution < -0.4 is 16.4 Å². The van der Waals surface area contributed by atoms with E-state index in [1.807, 2.05) is 5.38 Å². The Bertz CT molecular complexity index is 615. The number of aromatic nitrogens is 1. The second-order valence-corrected chi connectivity index (χ2v) is 7.84. The number of amides is 3. The molecule has 1 saturated carbocycles. The highest BCUT2D eigenvalue weighted by Gasteiger charge is 2.34. The van der Waals surface area contributed by atoms with Crippen LogP contribution >= 0.6 is 11.3 Å². The minimum Gasteiger partial charge on any atom is -0.369 e. The molecule has 1 aromatic heterocycles. The van der Waals surface area contributed by atoms with Crippen molar-refractivity contribution in [3.63, 3.8) is 0 Å². The molecule has 0 aliphatic heterocycles. The van der Waals surface area contributed by atoms with E-state index >= 15 is 0 Å². The van der Waals surface area contributed by atoms with Crippen molar-refractivity contribution in [2.24, 2.45) is 17.1 Å². The minimum absolute atomic E-state index is 0.0394. The van der Waals surface area contributed by atoms with Gasteiger partial charge in [-0.25, -0.2) is 4.98 Å². The highest BCUT2D eigenvalue weighted by molar-refractivity contribution is 7.07. The van der Waals surface area contributed by atoms with Crippen LogP contribution in [0.2, 0.25) is 0 Å². The van der Waals surface area contributed by atoms with Crippen molar-refractivity contribution in [3.05, 3.63) is 16.6 Å². The highest BCUT2D eigenvalue weighted by atomic mass is 32.1. The largest absolute Gasteiger partial charge is 0.369 e. The number of rotatable bonds is 8. The molecule has 4 N–H and O–H groups in total. The maximum Gasteiger partial charge on any atom is 0.235 e. The first-order valence-electron chi connectivity index (χ1n) is 8.53. The van der Waals surface area contributed by atoms with Crippen molar-refractivity contribution in [3.8, 4) is 0 Å². The number of aryl methyl sites for hydroxylation is 1. The Morgan fingerprint density at radius 3 is 2.76 bits per heavy atom. The molecule has 138 valence electrons. The molecule has 0 bridgehead atoms. The van der Waals surface area contributed by atoms with E-state index in [-0.39, 0.29) is 17.9 Å². The number of carbonyl (C=O) groups excluding carboxylic acids is 3. The molecule has 0 unspecified atom stereocenters. The van der Waals surface area contributed by atoms with Gasteiger partial charge in [-0.1, -0.05) is 0 Å². The van der Waals surface area contributed by atoms with Crippen LogP contribution in [0.5, 0.6) is 0 Å². The molecule has 25 heavy (non-hydrogen) atoms. The van der Waals surface area contributed by atoms with Gasteiger partial charge in [-0.3, -0.25) is 14.4 Å². The van der Waals surface area contributed by atoms with Gasteiger partial charge in [0.25, 0.3) is 0 Å². The lowest BCUT2D eigenvalue weighted by Crippen LogP contribution is -2.46.